The highest BCUT2D eigenvalue weighted by Crippen LogP contribution is 2.30. The minimum Gasteiger partial charge on any atom is -0.485 e. The number of aromatic nitrogens is 4. The van der Waals surface area contributed by atoms with Gasteiger partial charge in [-0.1, -0.05) is 22.4 Å². The van der Waals surface area contributed by atoms with Crippen molar-refractivity contribution in [3.8, 4) is 17.1 Å². The molecule has 0 unspecified atom stereocenters. The number of benzene rings is 2. The maximum absolute atomic E-state index is 12.7. The van der Waals surface area contributed by atoms with Crippen molar-refractivity contribution in [3.05, 3.63) is 77.3 Å². The Hall–Kier alpha value is -4.22. The number of carbonyl (C=O) groups excluding carboxylic acids is 1. The molecule has 0 saturated carbocycles. The third kappa shape index (κ3) is 5.53. The number of aryl methyl sites for hydroxylation is 1. The summed E-state index contributed by atoms with van der Waals surface area (Å²) < 4.78 is 58.5. The van der Waals surface area contributed by atoms with E-state index in [4.69, 9.17) is 18.5 Å². The highest BCUT2D eigenvalue weighted by Gasteiger charge is 2.30. The van der Waals surface area contributed by atoms with Crippen LogP contribution < -0.4 is 4.74 Å². The van der Waals surface area contributed by atoms with Crippen molar-refractivity contribution in [3.63, 3.8) is 0 Å². The van der Waals surface area contributed by atoms with E-state index in [1.54, 1.807) is 19.1 Å². The van der Waals surface area contributed by atoms with Gasteiger partial charge >= 0.3 is 12.1 Å². The molecule has 0 radical (unpaired) electrons. The zero-order valence-electron chi connectivity index (χ0n) is 17.0. The standard InChI is InChI=1S/C21H15F3N4O5/c1-12-25-17(27-32-12)10-30-16-8-4-14(5-9-16)20(29)31-11-18-26-19(28-33-18)13-2-6-15(7-3-13)21(22,23)24/h2-9H,10-11H2,1H3. The largest absolute Gasteiger partial charge is 0.485 e. The van der Waals surface area contributed by atoms with Crippen LogP contribution >= 0.6 is 0 Å². The van der Waals surface area contributed by atoms with Crippen LogP contribution in [0.25, 0.3) is 11.4 Å². The molecule has 4 rings (SSSR count). The molecule has 0 amide bonds. The monoisotopic (exact) mass is 460 g/mol. The van der Waals surface area contributed by atoms with Crippen molar-refractivity contribution < 1.29 is 36.5 Å². The van der Waals surface area contributed by atoms with E-state index < -0.39 is 17.7 Å². The lowest BCUT2D eigenvalue weighted by molar-refractivity contribution is -0.137. The highest BCUT2D eigenvalue weighted by atomic mass is 19.4. The maximum Gasteiger partial charge on any atom is 0.416 e. The Bertz CT molecular complexity index is 1230. The minimum absolute atomic E-state index is 0.00592. The molecule has 9 nitrogen and oxygen atoms in total. The van der Waals surface area contributed by atoms with Gasteiger partial charge in [0.15, 0.2) is 13.2 Å². The Morgan fingerprint density at radius 2 is 1.67 bits per heavy atom. The van der Waals surface area contributed by atoms with Crippen LogP contribution in [0, 0.1) is 6.92 Å². The van der Waals surface area contributed by atoms with Crippen molar-refractivity contribution in [1.29, 1.82) is 0 Å². The van der Waals surface area contributed by atoms with E-state index in [2.05, 4.69) is 20.3 Å². The first kappa shape index (κ1) is 22.0. The second-order valence-corrected chi connectivity index (χ2v) is 6.71. The molecule has 0 atom stereocenters. The van der Waals surface area contributed by atoms with Crippen molar-refractivity contribution in [1.82, 2.24) is 20.3 Å². The van der Waals surface area contributed by atoms with E-state index in [0.29, 0.717) is 23.0 Å². The lowest BCUT2D eigenvalue weighted by atomic mass is 10.1. The molecule has 4 aromatic rings. The molecule has 12 heteroatoms. The first-order chi connectivity index (χ1) is 15.8. The lowest BCUT2D eigenvalue weighted by Crippen LogP contribution is -2.05. The summed E-state index contributed by atoms with van der Waals surface area (Å²) in [7, 11) is 0. The van der Waals surface area contributed by atoms with Crippen molar-refractivity contribution >= 4 is 5.97 Å². The second-order valence-electron chi connectivity index (χ2n) is 6.71. The Morgan fingerprint density at radius 3 is 2.30 bits per heavy atom. The summed E-state index contributed by atoms with van der Waals surface area (Å²) in [5.41, 5.74) is -0.193. The number of hydrogen-bond acceptors (Lipinski definition) is 9. The van der Waals surface area contributed by atoms with Gasteiger partial charge < -0.3 is 18.5 Å². The average molecular weight is 460 g/mol. The molecule has 0 saturated heterocycles. The number of hydrogen-bond donors (Lipinski definition) is 0. The number of halogens is 3. The summed E-state index contributed by atoms with van der Waals surface area (Å²) >= 11 is 0. The summed E-state index contributed by atoms with van der Waals surface area (Å²) in [6.45, 7) is 1.47. The lowest BCUT2D eigenvalue weighted by Gasteiger charge is -2.06. The third-order valence-electron chi connectivity index (χ3n) is 4.29. The van der Waals surface area contributed by atoms with Gasteiger partial charge in [-0.15, -0.1) is 0 Å². The number of carbonyl (C=O) groups is 1. The van der Waals surface area contributed by atoms with Crippen molar-refractivity contribution in [2.24, 2.45) is 0 Å². The minimum atomic E-state index is -4.44. The van der Waals surface area contributed by atoms with Gasteiger partial charge in [0.1, 0.15) is 5.75 Å². The van der Waals surface area contributed by atoms with E-state index in [1.165, 1.54) is 24.3 Å². The molecule has 2 heterocycles. The molecule has 0 aliphatic carbocycles. The number of ether oxygens (including phenoxy) is 2. The number of esters is 1. The zero-order valence-corrected chi connectivity index (χ0v) is 17.0. The van der Waals surface area contributed by atoms with E-state index in [0.717, 1.165) is 12.1 Å². The molecule has 33 heavy (non-hydrogen) atoms. The summed E-state index contributed by atoms with van der Waals surface area (Å²) in [4.78, 5) is 20.3. The van der Waals surface area contributed by atoms with Gasteiger partial charge in [-0.3, -0.25) is 0 Å². The Labute approximate surface area is 184 Å². The second kappa shape index (κ2) is 9.10. The van der Waals surface area contributed by atoms with Crippen molar-refractivity contribution in [2.45, 2.75) is 26.3 Å². The number of rotatable bonds is 7. The summed E-state index contributed by atoms with van der Waals surface area (Å²) in [5, 5.41) is 7.41. The van der Waals surface area contributed by atoms with Gasteiger partial charge in [-0.2, -0.15) is 23.1 Å². The first-order valence-corrected chi connectivity index (χ1v) is 9.47. The van der Waals surface area contributed by atoms with Crippen LogP contribution in [0.1, 0.15) is 33.5 Å². The Kier molecular flexibility index (Phi) is 6.07. The van der Waals surface area contributed by atoms with Gasteiger partial charge in [-0.05, 0) is 36.4 Å². The van der Waals surface area contributed by atoms with Crippen LogP contribution in [0.5, 0.6) is 5.75 Å². The number of nitrogens with zero attached hydrogens (tertiary/aromatic N) is 4. The average Bonchev–Trinajstić information content (AvgIpc) is 3.45. The first-order valence-electron chi connectivity index (χ1n) is 9.47. The maximum atomic E-state index is 12.7. The normalized spacial score (nSPS) is 11.4. The van der Waals surface area contributed by atoms with Gasteiger partial charge in [-0.25, -0.2) is 4.79 Å². The fourth-order valence-corrected chi connectivity index (χ4v) is 2.68. The van der Waals surface area contributed by atoms with E-state index in [1.807, 2.05) is 0 Å². The zero-order chi connectivity index (χ0) is 23.4. The topological polar surface area (TPSA) is 113 Å². The van der Waals surface area contributed by atoms with Gasteiger partial charge in [0.05, 0.1) is 11.1 Å². The molecule has 0 bridgehead atoms. The molecule has 0 fully saturated rings. The van der Waals surface area contributed by atoms with Crippen LogP contribution in [-0.4, -0.2) is 26.3 Å². The molecule has 0 aliphatic heterocycles. The van der Waals surface area contributed by atoms with Crippen LogP contribution in [0.2, 0.25) is 0 Å². The third-order valence-corrected chi connectivity index (χ3v) is 4.29. The Balaban J connectivity index is 1.30. The van der Waals surface area contributed by atoms with Gasteiger partial charge in [0.2, 0.25) is 17.5 Å². The molecule has 0 aliphatic rings. The van der Waals surface area contributed by atoms with Crippen LogP contribution in [0.3, 0.4) is 0 Å². The summed E-state index contributed by atoms with van der Waals surface area (Å²) in [6.07, 6.45) is -4.44. The molecular formula is C21H15F3N4O5. The fraction of sp³-hybridized carbons (Fsp3) is 0.190. The van der Waals surface area contributed by atoms with E-state index >= 15 is 0 Å². The van der Waals surface area contributed by atoms with Gasteiger partial charge in [0, 0.05) is 12.5 Å². The highest BCUT2D eigenvalue weighted by molar-refractivity contribution is 5.89. The molecule has 0 spiro atoms. The van der Waals surface area contributed by atoms with Gasteiger partial charge in [0.25, 0.3) is 5.89 Å². The van der Waals surface area contributed by atoms with Crippen LogP contribution in [0.15, 0.2) is 57.6 Å². The van der Waals surface area contributed by atoms with Crippen LogP contribution in [-0.2, 0) is 24.1 Å². The Morgan fingerprint density at radius 1 is 0.939 bits per heavy atom. The predicted molar refractivity (Wildman–Crippen MR) is 104 cm³/mol. The molecule has 170 valence electrons. The predicted octanol–water partition coefficient (Wildman–Crippen LogP) is 4.38. The molecule has 2 aromatic carbocycles. The fourth-order valence-electron chi connectivity index (χ4n) is 2.68. The van der Waals surface area contributed by atoms with E-state index in [-0.39, 0.29) is 30.5 Å². The quantitative estimate of drug-likeness (QED) is 0.371. The number of alkyl halides is 3. The molecule has 0 N–H and O–H groups in total. The van der Waals surface area contributed by atoms with E-state index in [9.17, 15) is 18.0 Å². The van der Waals surface area contributed by atoms with Crippen LogP contribution in [0.4, 0.5) is 13.2 Å². The summed E-state index contributed by atoms with van der Waals surface area (Å²) in [6, 6.07) is 10.5. The molecule has 2 aromatic heterocycles. The smallest absolute Gasteiger partial charge is 0.416 e. The SMILES string of the molecule is Cc1nc(COc2ccc(C(=O)OCc3nc(-c4ccc(C(F)(F)F)cc4)no3)cc2)no1. The summed E-state index contributed by atoms with van der Waals surface area (Å²) in [5.74, 6) is 0.754. The van der Waals surface area contributed by atoms with Crippen molar-refractivity contribution in [2.75, 3.05) is 0 Å². The molecular weight excluding hydrogens is 445 g/mol.